The molecule has 5 heteroatoms. The summed E-state index contributed by atoms with van der Waals surface area (Å²) < 4.78 is 26.0. The maximum Gasteiger partial charge on any atom is 0.232 e. The maximum absolute atomic E-state index is 11.7. The molecule has 4 nitrogen and oxygen atoms in total. The van der Waals surface area contributed by atoms with Gasteiger partial charge in [0.1, 0.15) is 0 Å². The van der Waals surface area contributed by atoms with Crippen molar-refractivity contribution in [3.8, 4) is 0 Å². The second kappa shape index (κ2) is 8.58. The Bertz CT molecular complexity index is 683. The number of hydrogen-bond donors (Lipinski definition) is 2. The Morgan fingerprint density at radius 2 is 1.57 bits per heavy atom. The van der Waals surface area contributed by atoms with E-state index in [9.17, 15) is 8.42 Å². The van der Waals surface area contributed by atoms with E-state index in [4.69, 9.17) is 0 Å². The summed E-state index contributed by atoms with van der Waals surface area (Å²) in [6.07, 6.45) is 2.70. The van der Waals surface area contributed by atoms with E-state index in [1.165, 1.54) is 5.56 Å². The highest BCUT2D eigenvalue weighted by Crippen LogP contribution is 2.15. The molecule has 0 aromatic heterocycles. The maximum atomic E-state index is 11.7. The third kappa shape index (κ3) is 6.32. The third-order valence-corrected chi connectivity index (χ3v) is 4.94. The van der Waals surface area contributed by atoms with Crippen molar-refractivity contribution >= 4 is 21.4 Å². The molecular formula is C18H24N2O2S. The lowest BCUT2D eigenvalue weighted by Gasteiger charge is -2.09. The molecular weight excluding hydrogens is 308 g/mol. The summed E-state index contributed by atoms with van der Waals surface area (Å²) in [4.78, 5) is 0. The molecule has 0 radical (unpaired) electrons. The highest BCUT2D eigenvalue weighted by atomic mass is 32.2. The molecule has 0 bridgehead atoms. The predicted molar refractivity (Wildman–Crippen MR) is 97.4 cm³/mol. The normalized spacial score (nSPS) is 11.2. The van der Waals surface area contributed by atoms with Gasteiger partial charge in [0.05, 0.1) is 5.75 Å². The Kier molecular flexibility index (Phi) is 6.47. The van der Waals surface area contributed by atoms with Gasteiger partial charge in [0, 0.05) is 17.9 Å². The van der Waals surface area contributed by atoms with Crippen molar-refractivity contribution in [2.45, 2.75) is 26.2 Å². The number of benzene rings is 2. The van der Waals surface area contributed by atoms with Gasteiger partial charge in [0.2, 0.25) is 10.0 Å². The van der Waals surface area contributed by atoms with Crippen molar-refractivity contribution in [2.75, 3.05) is 22.3 Å². The number of rotatable bonds is 9. The SMILES string of the molecule is CCCS(=O)(=O)Nc1ccc(NCCCc2ccccc2)cc1. The lowest BCUT2D eigenvalue weighted by atomic mass is 10.1. The summed E-state index contributed by atoms with van der Waals surface area (Å²) in [6, 6.07) is 17.8. The Labute approximate surface area is 139 Å². The van der Waals surface area contributed by atoms with Crippen molar-refractivity contribution in [3.05, 3.63) is 60.2 Å². The third-order valence-electron chi connectivity index (χ3n) is 3.45. The van der Waals surface area contributed by atoms with E-state index in [1.807, 2.05) is 25.1 Å². The molecule has 0 spiro atoms. The quantitative estimate of drug-likeness (QED) is 0.685. The van der Waals surface area contributed by atoms with Crippen LogP contribution in [0.2, 0.25) is 0 Å². The van der Waals surface area contributed by atoms with Gasteiger partial charge >= 0.3 is 0 Å². The minimum atomic E-state index is -3.22. The zero-order valence-corrected chi connectivity index (χ0v) is 14.3. The second-order valence-electron chi connectivity index (χ2n) is 5.51. The molecule has 0 unspecified atom stereocenters. The number of anilines is 2. The zero-order chi connectivity index (χ0) is 16.5. The summed E-state index contributed by atoms with van der Waals surface area (Å²) in [6.45, 7) is 2.73. The van der Waals surface area contributed by atoms with Gasteiger partial charge in [-0.15, -0.1) is 0 Å². The molecule has 2 aromatic carbocycles. The van der Waals surface area contributed by atoms with Crippen LogP contribution in [0.4, 0.5) is 11.4 Å². The molecule has 0 aliphatic carbocycles. The van der Waals surface area contributed by atoms with Crippen LogP contribution in [-0.4, -0.2) is 20.7 Å². The van der Waals surface area contributed by atoms with E-state index >= 15 is 0 Å². The average molecular weight is 332 g/mol. The smallest absolute Gasteiger partial charge is 0.232 e. The van der Waals surface area contributed by atoms with Gasteiger partial charge in [-0.3, -0.25) is 4.72 Å². The van der Waals surface area contributed by atoms with E-state index in [0.717, 1.165) is 25.1 Å². The van der Waals surface area contributed by atoms with Gasteiger partial charge in [0.15, 0.2) is 0 Å². The van der Waals surface area contributed by atoms with Gasteiger partial charge in [-0.1, -0.05) is 37.3 Å². The Morgan fingerprint density at radius 3 is 2.22 bits per heavy atom. The fourth-order valence-electron chi connectivity index (χ4n) is 2.33. The molecule has 0 heterocycles. The standard InChI is InChI=1S/C18H24N2O2S/c1-2-15-23(21,22)20-18-12-10-17(11-13-18)19-14-6-9-16-7-4-3-5-8-16/h3-5,7-8,10-13,19-20H,2,6,9,14-15H2,1H3. The minimum Gasteiger partial charge on any atom is -0.385 e. The number of nitrogens with one attached hydrogen (secondary N) is 2. The monoisotopic (exact) mass is 332 g/mol. The predicted octanol–water partition coefficient (Wildman–Crippen LogP) is 3.88. The zero-order valence-electron chi connectivity index (χ0n) is 13.5. The summed E-state index contributed by atoms with van der Waals surface area (Å²) in [5, 5.41) is 3.35. The molecule has 0 saturated heterocycles. The van der Waals surface area contributed by atoms with Crippen LogP contribution in [0.25, 0.3) is 0 Å². The molecule has 0 saturated carbocycles. The van der Waals surface area contributed by atoms with E-state index < -0.39 is 10.0 Å². The molecule has 2 N–H and O–H groups in total. The molecule has 2 rings (SSSR count). The summed E-state index contributed by atoms with van der Waals surface area (Å²) in [7, 11) is -3.22. The first-order valence-electron chi connectivity index (χ1n) is 7.97. The summed E-state index contributed by atoms with van der Waals surface area (Å²) in [5.74, 6) is 0.145. The molecule has 124 valence electrons. The number of aryl methyl sites for hydroxylation is 1. The van der Waals surface area contributed by atoms with Crippen molar-refractivity contribution in [1.29, 1.82) is 0 Å². The lowest BCUT2D eigenvalue weighted by molar-refractivity contribution is 0.600. The van der Waals surface area contributed by atoms with Crippen molar-refractivity contribution in [3.63, 3.8) is 0 Å². The molecule has 2 aromatic rings. The van der Waals surface area contributed by atoms with Crippen LogP contribution >= 0.6 is 0 Å². The van der Waals surface area contributed by atoms with E-state index in [2.05, 4.69) is 34.3 Å². The van der Waals surface area contributed by atoms with Crippen LogP contribution in [0, 0.1) is 0 Å². The first-order valence-corrected chi connectivity index (χ1v) is 9.62. The molecule has 0 fully saturated rings. The van der Waals surface area contributed by atoms with Crippen LogP contribution < -0.4 is 10.0 Å². The van der Waals surface area contributed by atoms with Crippen LogP contribution in [0.15, 0.2) is 54.6 Å². The second-order valence-corrected chi connectivity index (χ2v) is 7.36. The van der Waals surface area contributed by atoms with Crippen molar-refractivity contribution in [2.24, 2.45) is 0 Å². The molecule has 23 heavy (non-hydrogen) atoms. The number of hydrogen-bond acceptors (Lipinski definition) is 3. The van der Waals surface area contributed by atoms with Gasteiger partial charge in [-0.25, -0.2) is 8.42 Å². The van der Waals surface area contributed by atoms with Gasteiger partial charge in [0.25, 0.3) is 0 Å². The van der Waals surface area contributed by atoms with Crippen LogP contribution in [0.1, 0.15) is 25.3 Å². The average Bonchev–Trinajstić information content (AvgIpc) is 2.54. The van der Waals surface area contributed by atoms with Crippen LogP contribution in [0.5, 0.6) is 0 Å². The topological polar surface area (TPSA) is 58.2 Å². The van der Waals surface area contributed by atoms with Gasteiger partial charge in [-0.05, 0) is 49.1 Å². The van der Waals surface area contributed by atoms with E-state index in [0.29, 0.717) is 12.1 Å². The minimum absolute atomic E-state index is 0.145. The Morgan fingerprint density at radius 1 is 0.913 bits per heavy atom. The van der Waals surface area contributed by atoms with Crippen molar-refractivity contribution < 1.29 is 8.42 Å². The van der Waals surface area contributed by atoms with E-state index in [-0.39, 0.29) is 5.75 Å². The Hall–Kier alpha value is -2.01. The van der Waals surface area contributed by atoms with Gasteiger partial charge in [-0.2, -0.15) is 0 Å². The first kappa shape index (κ1) is 17.3. The lowest BCUT2D eigenvalue weighted by Crippen LogP contribution is -2.16. The largest absolute Gasteiger partial charge is 0.385 e. The fraction of sp³-hybridized carbons (Fsp3) is 0.333. The molecule has 0 amide bonds. The highest BCUT2D eigenvalue weighted by molar-refractivity contribution is 7.92. The van der Waals surface area contributed by atoms with Crippen LogP contribution in [-0.2, 0) is 16.4 Å². The Balaban J connectivity index is 1.77. The van der Waals surface area contributed by atoms with Crippen LogP contribution in [0.3, 0.4) is 0 Å². The molecule has 0 aliphatic rings. The molecule has 0 atom stereocenters. The number of sulfonamides is 1. The molecule has 0 aliphatic heterocycles. The van der Waals surface area contributed by atoms with E-state index in [1.54, 1.807) is 12.1 Å². The van der Waals surface area contributed by atoms with Crippen molar-refractivity contribution in [1.82, 2.24) is 0 Å². The van der Waals surface area contributed by atoms with Gasteiger partial charge < -0.3 is 5.32 Å². The first-order chi connectivity index (χ1) is 11.1. The summed E-state index contributed by atoms with van der Waals surface area (Å²) in [5.41, 5.74) is 2.94. The highest BCUT2D eigenvalue weighted by Gasteiger charge is 2.08. The summed E-state index contributed by atoms with van der Waals surface area (Å²) >= 11 is 0. The fourth-order valence-corrected chi connectivity index (χ4v) is 3.46.